The molecule has 0 saturated heterocycles. The van der Waals surface area contributed by atoms with Crippen LogP contribution < -0.4 is 0 Å². The van der Waals surface area contributed by atoms with E-state index < -0.39 is 6.10 Å². The van der Waals surface area contributed by atoms with Gasteiger partial charge in [0.15, 0.2) is 6.10 Å². The van der Waals surface area contributed by atoms with Gasteiger partial charge in [-0.3, -0.25) is 14.4 Å². The molecule has 456 valence electrons. The third-order valence-electron chi connectivity index (χ3n) is 14.9. The Hall–Kier alpha value is -3.41. The van der Waals surface area contributed by atoms with Gasteiger partial charge < -0.3 is 14.2 Å². The number of esters is 3. The summed E-state index contributed by atoms with van der Waals surface area (Å²) in [5, 5.41) is 0. The molecule has 0 bridgehead atoms. The third kappa shape index (κ3) is 65.3. The highest BCUT2D eigenvalue weighted by molar-refractivity contribution is 5.71. The van der Waals surface area contributed by atoms with Crippen molar-refractivity contribution in [2.45, 2.75) is 348 Å². The van der Waals surface area contributed by atoms with Crippen molar-refractivity contribution in [3.8, 4) is 0 Å². The van der Waals surface area contributed by atoms with Gasteiger partial charge in [-0.25, -0.2) is 0 Å². The molecule has 0 aliphatic rings. The molecule has 0 heterocycles. The van der Waals surface area contributed by atoms with Crippen LogP contribution in [0, 0.1) is 0 Å². The number of carbonyl (C=O) groups is 3. The Labute approximate surface area is 490 Å². The van der Waals surface area contributed by atoms with Crippen LogP contribution in [0.15, 0.2) is 85.1 Å². The van der Waals surface area contributed by atoms with Gasteiger partial charge in [-0.05, 0) is 96.3 Å². The monoisotopic (exact) mass is 1100 g/mol. The Morgan fingerprint density at radius 2 is 0.494 bits per heavy atom. The van der Waals surface area contributed by atoms with Crippen molar-refractivity contribution in [2.75, 3.05) is 13.2 Å². The lowest BCUT2D eigenvalue weighted by Crippen LogP contribution is -2.30. The molecule has 0 aromatic heterocycles. The molecule has 0 radical (unpaired) electrons. The van der Waals surface area contributed by atoms with E-state index in [9.17, 15) is 14.4 Å². The van der Waals surface area contributed by atoms with Gasteiger partial charge in [0.2, 0.25) is 0 Å². The lowest BCUT2D eigenvalue weighted by molar-refractivity contribution is -0.167. The number of allylic oxidation sites excluding steroid dienone is 14. The Kier molecular flexibility index (Phi) is 64.2. The van der Waals surface area contributed by atoms with Crippen molar-refractivity contribution in [1.29, 1.82) is 0 Å². The maximum Gasteiger partial charge on any atom is 0.306 e. The predicted octanol–water partition coefficient (Wildman–Crippen LogP) is 23.4. The lowest BCUT2D eigenvalue weighted by atomic mass is 10.0. The topological polar surface area (TPSA) is 78.9 Å². The number of ether oxygens (including phenoxy) is 3. The standard InChI is InChI=1S/C73H128O6/c1-4-7-10-13-16-19-22-25-27-29-31-32-33-34-35-36-37-38-39-40-42-43-45-48-51-54-57-60-63-66-72(75)78-69-70(68-77-71(74)65-62-59-56-53-50-47-24-21-18-15-12-9-6-3)79-73(76)67-64-61-58-55-52-49-46-44-41-30-28-26-23-20-17-14-11-8-5-2/h8,11,17,20,22,25-26,28-29,31,41,44,49,52,70H,4-7,9-10,12-16,18-19,21,23-24,27,30,32-40,42-43,45-48,50-51,53-69H2,1-3H3/b11-8-,20-17-,25-22-,28-26-,31-29-,44-41-,52-49-. The third-order valence-corrected chi connectivity index (χ3v) is 14.9. The summed E-state index contributed by atoms with van der Waals surface area (Å²) in [6, 6.07) is 0. The first-order valence-corrected chi connectivity index (χ1v) is 34.1. The molecule has 0 rings (SSSR count). The summed E-state index contributed by atoms with van der Waals surface area (Å²) < 4.78 is 16.9. The van der Waals surface area contributed by atoms with E-state index in [-0.39, 0.29) is 31.1 Å². The Bertz CT molecular complexity index is 1500. The minimum absolute atomic E-state index is 0.0861. The minimum Gasteiger partial charge on any atom is -0.462 e. The van der Waals surface area contributed by atoms with Gasteiger partial charge in [-0.2, -0.15) is 0 Å². The van der Waals surface area contributed by atoms with E-state index in [1.54, 1.807) is 0 Å². The molecular weight excluding hydrogens is 973 g/mol. The second kappa shape index (κ2) is 67.1. The maximum absolute atomic E-state index is 12.9. The van der Waals surface area contributed by atoms with Gasteiger partial charge in [0, 0.05) is 19.3 Å². The number of unbranched alkanes of at least 4 members (excludes halogenated alkanes) is 37. The summed E-state index contributed by atoms with van der Waals surface area (Å²) in [5.41, 5.74) is 0. The van der Waals surface area contributed by atoms with Crippen LogP contribution in [0.4, 0.5) is 0 Å². The second-order valence-corrected chi connectivity index (χ2v) is 22.7. The molecule has 0 aliphatic carbocycles. The largest absolute Gasteiger partial charge is 0.462 e. The highest BCUT2D eigenvalue weighted by Crippen LogP contribution is 2.17. The van der Waals surface area contributed by atoms with Crippen molar-refractivity contribution in [3.05, 3.63) is 85.1 Å². The minimum atomic E-state index is -0.793. The molecule has 6 nitrogen and oxygen atoms in total. The van der Waals surface area contributed by atoms with E-state index in [0.29, 0.717) is 19.3 Å². The smallest absolute Gasteiger partial charge is 0.306 e. The zero-order chi connectivity index (χ0) is 57.1. The van der Waals surface area contributed by atoms with Crippen LogP contribution in [0.1, 0.15) is 342 Å². The van der Waals surface area contributed by atoms with Crippen LogP contribution >= 0.6 is 0 Å². The van der Waals surface area contributed by atoms with Crippen molar-refractivity contribution < 1.29 is 28.6 Å². The Morgan fingerprint density at radius 1 is 0.266 bits per heavy atom. The van der Waals surface area contributed by atoms with Crippen molar-refractivity contribution in [3.63, 3.8) is 0 Å². The summed E-state index contributed by atoms with van der Waals surface area (Å²) in [4.78, 5) is 38.3. The van der Waals surface area contributed by atoms with Gasteiger partial charge in [-0.15, -0.1) is 0 Å². The average molecular weight is 1100 g/mol. The van der Waals surface area contributed by atoms with E-state index in [2.05, 4.69) is 106 Å². The summed E-state index contributed by atoms with van der Waals surface area (Å²) in [6.45, 7) is 6.53. The average Bonchev–Trinajstić information content (AvgIpc) is 3.45. The van der Waals surface area contributed by atoms with E-state index in [1.807, 2.05) is 0 Å². The molecule has 0 aliphatic heterocycles. The number of carbonyl (C=O) groups excluding carboxylic acids is 3. The SMILES string of the molecule is CC/C=C\C/C=C\C/C=C\C/C=C\C/C=C\CCCCCC(=O)OC(COC(=O)CCCCCCCCCCCCCCC)COC(=O)CCCCCCCCCCCCCCCCCCC/C=C\C/C=C\CCCCCCC. The predicted molar refractivity (Wildman–Crippen MR) is 344 cm³/mol. The molecule has 0 fully saturated rings. The molecule has 0 saturated carbocycles. The van der Waals surface area contributed by atoms with E-state index >= 15 is 0 Å². The van der Waals surface area contributed by atoms with Gasteiger partial charge in [0.1, 0.15) is 13.2 Å². The molecule has 0 spiro atoms. The Balaban J connectivity index is 4.26. The maximum atomic E-state index is 12.9. The zero-order valence-electron chi connectivity index (χ0n) is 52.4. The molecule has 79 heavy (non-hydrogen) atoms. The fourth-order valence-corrected chi connectivity index (χ4v) is 9.80. The fourth-order valence-electron chi connectivity index (χ4n) is 9.80. The fraction of sp³-hybridized carbons (Fsp3) is 0.767. The van der Waals surface area contributed by atoms with Crippen LogP contribution in [-0.2, 0) is 28.6 Å². The first-order valence-electron chi connectivity index (χ1n) is 34.1. The van der Waals surface area contributed by atoms with Gasteiger partial charge in [-0.1, -0.05) is 311 Å². The van der Waals surface area contributed by atoms with Crippen molar-refractivity contribution >= 4 is 17.9 Å². The number of rotatable bonds is 62. The molecule has 6 heteroatoms. The van der Waals surface area contributed by atoms with Crippen LogP contribution in [0.5, 0.6) is 0 Å². The van der Waals surface area contributed by atoms with E-state index in [1.165, 1.54) is 199 Å². The van der Waals surface area contributed by atoms with Crippen LogP contribution in [-0.4, -0.2) is 37.2 Å². The molecule has 0 amide bonds. The second-order valence-electron chi connectivity index (χ2n) is 22.7. The van der Waals surface area contributed by atoms with Crippen molar-refractivity contribution in [1.82, 2.24) is 0 Å². The zero-order valence-corrected chi connectivity index (χ0v) is 52.4. The highest BCUT2D eigenvalue weighted by Gasteiger charge is 2.19. The van der Waals surface area contributed by atoms with Crippen LogP contribution in [0.25, 0.3) is 0 Å². The molecule has 0 N–H and O–H groups in total. The highest BCUT2D eigenvalue weighted by atomic mass is 16.6. The molecule has 1 atom stereocenters. The molecular formula is C73H128O6. The summed E-state index contributed by atoms with van der Waals surface area (Å²) in [5.74, 6) is -0.902. The first-order chi connectivity index (χ1) is 39.0. The van der Waals surface area contributed by atoms with E-state index in [4.69, 9.17) is 14.2 Å². The molecule has 0 aromatic carbocycles. The first kappa shape index (κ1) is 75.6. The normalized spacial score (nSPS) is 12.6. The number of hydrogen-bond acceptors (Lipinski definition) is 6. The van der Waals surface area contributed by atoms with E-state index in [0.717, 1.165) is 103 Å². The lowest BCUT2D eigenvalue weighted by Gasteiger charge is -2.18. The quantitative estimate of drug-likeness (QED) is 0.0261. The van der Waals surface area contributed by atoms with Gasteiger partial charge in [0.05, 0.1) is 0 Å². The number of hydrogen-bond donors (Lipinski definition) is 0. The summed E-state index contributed by atoms with van der Waals surface area (Å²) in [7, 11) is 0. The van der Waals surface area contributed by atoms with Crippen LogP contribution in [0.2, 0.25) is 0 Å². The summed E-state index contributed by atoms with van der Waals surface area (Å²) in [6.07, 6.45) is 88.9. The Morgan fingerprint density at radius 3 is 0.785 bits per heavy atom. The molecule has 1 unspecified atom stereocenters. The van der Waals surface area contributed by atoms with Crippen molar-refractivity contribution in [2.24, 2.45) is 0 Å². The molecule has 0 aromatic rings. The summed E-state index contributed by atoms with van der Waals surface area (Å²) >= 11 is 0. The van der Waals surface area contributed by atoms with Crippen LogP contribution in [0.3, 0.4) is 0 Å². The van der Waals surface area contributed by atoms with Gasteiger partial charge >= 0.3 is 17.9 Å². The van der Waals surface area contributed by atoms with Gasteiger partial charge in [0.25, 0.3) is 0 Å².